The van der Waals surface area contributed by atoms with E-state index < -0.39 is 0 Å². The highest BCUT2D eigenvalue weighted by Crippen LogP contribution is 2.32. The number of hydrogen-bond donors (Lipinski definition) is 8. The molecule has 0 amide bonds. The minimum Gasteiger partial charge on any atom is -0.497 e. The van der Waals surface area contributed by atoms with E-state index in [1.54, 1.807) is 19.2 Å². The molecule has 0 bridgehead atoms. The second kappa shape index (κ2) is 20.5. The maximum absolute atomic E-state index is 6.11. The molecule has 8 aromatic rings. The van der Waals surface area contributed by atoms with Crippen LogP contribution in [0.4, 0.5) is 0 Å². The molecule has 4 aromatic heterocycles. The van der Waals surface area contributed by atoms with Gasteiger partial charge in [-0.15, -0.1) is 0 Å². The average Bonchev–Trinajstić information content (AvgIpc) is 3.96. The molecule has 4 aromatic carbocycles. The molecular formula is C42H47Cl5N8O. The van der Waals surface area contributed by atoms with Crippen molar-refractivity contribution in [3.8, 4) is 5.75 Å². The fourth-order valence-corrected chi connectivity index (χ4v) is 7.82. The summed E-state index contributed by atoms with van der Waals surface area (Å²) in [4.78, 5) is 12.8. The molecular weight excluding hydrogens is 810 g/mol. The van der Waals surface area contributed by atoms with Gasteiger partial charge in [0.15, 0.2) is 0 Å². The minimum atomic E-state index is 0.622. The molecule has 14 heteroatoms. The van der Waals surface area contributed by atoms with Gasteiger partial charge >= 0.3 is 0 Å². The van der Waals surface area contributed by atoms with Crippen molar-refractivity contribution in [1.29, 1.82) is 0 Å². The highest BCUT2D eigenvalue weighted by molar-refractivity contribution is 6.38. The molecule has 12 N–H and O–H groups in total. The fraction of sp³-hybridized carbons (Fsp3) is 0.238. The number of nitrogens with two attached hydrogens (primary N) is 4. The smallest absolute Gasteiger partial charge is 0.121 e. The maximum atomic E-state index is 6.11. The van der Waals surface area contributed by atoms with Gasteiger partial charge in [-0.05, 0) is 124 Å². The zero-order chi connectivity index (χ0) is 40.4. The van der Waals surface area contributed by atoms with Gasteiger partial charge in [0, 0.05) is 67.5 Å². The average molecular weight is 857 g/mol. The second-order valence-electron chi connectivity index (χ2n) is 13.0. The van der Waals surface area contributed by atoms with Crippen LogP contribution in [0.15, 0.2) is 79.3 Å². The number of ether oxygens (including phenoxy) is 1. The molecule has 8 rings (SSSR count). The van der Waals surface area contributed by atoms with Crippen molar-refractivity contribution in [2.45, 2.75) is 32.6 Å². The van der Waals surface area contributed by atoms with E-state index in [0.717, 1.165) is 79.9 Å². The van der Waals surface area contributed by atoms with E-state index in [2.05, 4.69) is 32.9 Å². The van der Waals surface area contributed by atoms with Crippen LogP contribution in [0.5, 0.6) is 5.75 Å². The molecule has 0 saturated carbocycles. The van der Waals surface area contributed by atoms with E-state index in [0.29, 0.717) is 41.2 Å². The summed E-state index contributed by atoms with van der Waals surface area (Å²) in [5.74, 6) is 0.769. The summed E-state index contributed by atoms with van der Waals surface area (Å²) in [6.45, 7) is 4.64. The Balaban J connectivity index is 0.000000143. The van der Waals surface area contributed by atoms with Crippen molar-refractivity contribution in [1.82, 2.24) is 19.9 Å². The maximum Gasteiger partial charge on any atom is 0.121 e. The number of hydrogen-bond acceptors (Lipinski definition) is 5. The summed E-state index contributed by atoms with van der Waals surface area (Å²) in [6.07, 6.45) is 9.32. The van der Waals surface area contributed by atoms with Gasteiger partial charge in [0.05, 0.1) is 38.7 Å². The van der Waals surface area contributed by atoms with Crippen LogP contribution in [-0.4, -0.2) is 53.2 Å². The van der Waals surface area contributed by atoms with Gasteiger partial charge in [0.1, 0.15) is 5.75 Å². The first kappa shape index (κ1) is 43.3. The number of methoxy groups -OCH3 is 1. The number of aromatic amines is 4. The Kier molecular flexibility index (Phi) is 15.9. The highest BCUT2D eigenvalue weighted by Gasteiger charge is 2.11. The molecule has 296 valence electrons. The lowest BCUT2D eigenvalue weighted by Gasteiger charge is -2.03. The Labute approximate surface area is 351 Å². The molecule has 0 spiro atoms. The number of aromatic nitrogens is 4. The zero-order valence-corrected chi connectivity index (χ0v) is 35.0. The standard InChI is InChI=1S/C11H13ClN2O.C11H13ClN2.C10H10Cl2N2.C10H11ClN2/c1-15-8-4-9-7(2-3-13)6-14-11(9)10(12)5-8;1-7-8(5-6-13)9-3-2-4-10(12)11(9)14-7;11-7-3-8-6(1-2-13)5-14-10(8)9(12)4-7;11-8-1-2-10-9(5-8)7(3-4-12)6-13-10/h4-6,14H,2-3,13H2,1H3;2-4,14H,5-6,13H2,1H3;3-5,14H,1-2,13H2;1-2,5-6,13H,3-4,12H2. The first-order valence-corrected chi connectivity index (χ1v) is 20.0. The monoisotopic (exact) mass is 854 g/mol. The molecule has 0 fully saturated rings. The topological polar surface area (TPSA) is 176 Å². The van der Waals surface area contributed by atoms with Crippen LogP contribution in [0.2, 0.25) is 25.1 Å². The summed E-state index contributed by atoms with van der Waals surface area (Å²) in [5, 5.41) is 8.04. The van der Waals surface area contributed by atoms with Gasteiger partial charge in [-0.25, -0.2) is 0 Å². The lowest BCUT2D eigenvalue weighted by atomic mass is 10.1. The summed E-state index contributed by atoms with van der Waals surface area (Å²) < 4.78 is 5.18. The molecule has 0 aliphatic carbocycles. The summed E-state index contributed by atoms with van der Waals surface area (Å²) in [5.41, 5.74) is 32.2. The van der Waals surface area contributed by atoms with Gasteiger partial charge in [-0.3, -0.25) is 0 Å². The van der Waals surface area contributed by atoms with Crippen molar-refractivity contribution in [3.05, 3.63) is 132 Å². The Bertz CT molecular complexity index is 2520. The predicted octanol–water partition coefficient (Wildman–Crippen LogP) is 10.3. The summed E-state index contributed by atoms with van der Waals surface area (Å²) in [6, 6.07) is 19.2. The third-order valence-corrected chi connectivity index (χ3v) is 10.7. The molecule has 0 saturated heterocycles. The molecule has 0 aliphatic rings. The fourth-order valence-electron chi connectivity index (χ4n) is 6.62. The number of fused-ring (bicyclic) bond motifs is 4. The van der Waals surface area contributed by atoms with Gasteiger partial charge in [-0.1, -0.05) is 70.1 Å². The van der Waals surface area contributed by atoms with Crippen LogP contribution in [0.3, 0.4) is 0 Å². The van der Waals surface area contributed by atoms with E-state index >= 15 is 0 Å². The van der Waals surface area contributed by atoms with Crippen LogP contribution in [0, 0.1) is 6.92 Å². The number of nitrogens with one attached hydrogen (secondary N) is 4. The van der Waals surface area contributed by atoms with Crippen molar-refractivity contribution in [2.24, 2.45) is 22.9 Å². The molecule has 9 nitrogen and oxygen atoms in total. The van der Waals surface area contributed by atoms with Gasteiger partial charge in [0.2, 0.25) is 0 Å². The van der Waals surface area contributed by atoms with Crippen molar-refractivity contribution >= 4 is 102 Å². The lowest BCUT2D eigenvalue weighted by molar-refractivity contribution is 0.415. The van der Waals surface area contributed by atoms with Crippen LogP contribution in [-0.2, 0) is 25.7 Å². The Morgan fingerprint density at radius 1 is 0.536 bits per heavy atom. The Morgan fingerprint density at radius 2 is 1.09 bits per heavy atom. The van der Waals surface area contributed by atoms with Gasteiger partial charge in [0.25, 0.3) is 0 Å². The predicted molar refractivity (Wildman–Crippen MR) is 241 cm³/mol. The van der Waals surface area contributed by atoms with Crippen LogP contribution in [0.25, 0.3) is 43.6 Å². The SMILES string of the molecule is COc1cc(Cl)c2[nH]cc(CCN)c2c1.Cc1[nH]c2c(Cl)cccc2c1CCN.NCCc1c[nH]c2c(Cl)cc(Cl)cc12.NCCc1c[nH]c2ccc(Cl)cc12. The van der Waals surface area contributed by atoms with Crippen LogP contribution < -0.4 is 27.7 Å². The van der Waals surface area contributed by atoms with E-state index in [1.807, 2.05) is 61.1 Å². The zero-order valence-electron chi connectivity index (χ0n) is 31.3. The Hall–Kier alpha value is -3.87. The Morgan fingerprint density at radius 3 is 1.70 bits per heavy atom. The second-order valence-corrected chi connectivity index (χ2v) is 15.1. The van der Waals surface area contributed by atoms with Crippen molar-refractivity contribution in [3.63, 3.8) is 0 Å². The quantitative estimate of drug-likeness (QED) is 0.0720. The first-order chi connectivity index (χ1) is 27.0. The minimum absolute atomic E-state index is 0.622. The number of aryl methyl sites for hydroxylation is 1. The normalized spacial score (nSPS) is 11.0. The number of benzene rings is 4. The molecule has 0 radical (unpaired) electrons. The molecule has 0 atom stereocenters. The number of halogens is 5. The third-order valence-electron chi connectivity index (χ3n) is 9.30. The van der Waals surface area contributed by atoms with Gasteiger partial charge < -0.3 is 47.6 Å². The molecule has 4 heterocycles. The van der Waals surface area contributed by atoms with E-state index in [1.165, 1.54) is 33.2 Å². The lowest BCUT2D eigenvalue weighted by Crippen LogP contribution is -2.03. The van der Waals surface area contributed by atoms with Crippen molar-refractivity contribution < 1.29 is 4.74 Å². The molecule has 56 heavy (non-hydrogen) atoms. The summed E-state index contributed by atoms with van der Waals surface area (Å²) in [7, 11) is 1.63. The third kappa shape index (κ3) is 10.3. The van der Waals surface area contributed by atoms with E-state index in [-0.39, 0.29) is 0 Å². The molecule has 0 unspecified atom stereocenters. The van der Waals surface area contributed by atoms with Gasteiger partial charge in [-0.2, -0.15) is 0 Å². The van der Waals surface area contributed by atoms with E-state index in [4.69, 9.17) is 85.7 Å². The van der Waals surface area contributed by atoms with E-state index in [9.17, 15) is 0 Å². The van der Waals surface area contributed by atoms with Crippen LogP contribution in [0.1, 0.15) is 27.9 Å². The van der Waals surface area contributed by atoms with Crippen molar-refractivity contribution in [2.75, 3.05) is 33.3 Å². The number of H-pyrrole nitrogens is 4. The largest absolute Gasteiger partial charge is 0.497 e. The highest BCUT2D eigenvalue weighted by atomic mass is 35.5. The number of para-hydroxylation sites is 1. The first-order valence-electron chi connectivity index (χ1n) is 18.1. The van der Waals surface area contributed by atoms with Crippen LogP contribution >= 0.6 is 58.0 Å². The summed E-state index contributed by atoms with van der Waals surface area (Å²) >= 11 is 30.0. The molecule has 0 aliphatic heterocycles. The number of rotatable bonds is 9.